The van der Waals surface area contributed by atoms with Crippen molar-refractivity contribution in [2.24, 2.45) is 11.8 Å². The Morgan fingerprint density at radius 2 is 1.89 bits per heavy atom. The van der Waals surface area contributed by atoms with Crippen LogP contribution in [-0.4, -0.2) is 49.3 Å². The van der Waals surface area contributed by atoms with E-state index in [1.165, 1.54) is 0 Å². The number of aliphatic hydroxyl groups is 1. The van der Waals surface area contributed by atoms with Crippen LogP contribution in [0.3, 0.4) is 0 Å². The third-order valence-corrected chi connectivity index (χ3v) is 5.29. The van der Waals surface area contributed by atoms with Crippen molar-refractivity contribution in [1.29, 1.82) is 0 Å². The van der Waals surface area contributed by atoms with Crippen molar-refractivity contribution in [3.63, 3.8) is 0 Å². The number of aliphatic hydroxyl groups excluding tert-OH is 1. The molecule has 3 fully saturated rings. The van der Waals surface area contributed by atoms with Crippen molar-refractivity contribution >= 4 is 0 Å². The first-order valence-electron chi connectivity index (χ1n) is 7.72. The Labute approximate surface area is 115 Å². The number of hydrogen-bond donors (Lipinski definition) is 1. The van der Waals surface area contributed by atoms with Gasteiger partial charge in [0.1, 0.15) is 0 Å². The fourth-order valence-corrected chi connectivity index (χ4v) is 4.00. The zero-order valence-electron chi connectivity index (χ0n) is 11.8. The topological polar surface area (TPSA) is 47.9 Å². The van der Waals surface area contributed by atoms with E-state index in [1.54, 1.807) is 0 Å². The summed E-state index contributed by atoms with van der Waals surface area (Å²) in [6.07, 6.45) is 4.88. The van der Waals surface area contributed by atoms with Crippen molar-refractivity contribution in [3.8, 4) is 0 Å². The van der Waals surface area contributed by atoms with Gasteiger partial charge >= 0.3 is 0 Å². The summed E-state index contributed by atoms with van der Waals surface area (Å²) < 4.78 is 17.1. The molecule has 0 radical (unpaired) electrons. The van der Waals surface area contributed by atoms with E-state index < -0.39 is 0 Å². The second kappa shape index (κ2) is 5.68. The summed E-state index contributed by atoms with van der Waals surface area (Å²) in [5.74, 6) is 0.668. The first kappa shape index (κ1) is 13.8. The molecule has 3 aliphatic heterocycles. The molecular formula is C15H26O4. The molecule has 0 saturated carbocycles. The lowest BCUT2D eigenvalue weighted by Gasteiger charge is -2.45. The summed E-state index contributed by atoms with van der Waals surface area (Å²) in [6.45, 7) is 5.26. The van der Waals surface area contributed by atoms with Crippen molar-refractivity contribution in [2.45, 2.75) is 56.8 Å². The van der Waals surface area contributed by atoms with E-state index in [2.05, 4.69) is 6.92 Å². The van der Waals surface area contributed by atoms with Gasteiger partial charge < -0.3 is 19.3 Å². The van der Waals surface area contributed by atoms with E-state index in [0.717, 1.165) is 58.5 Å². The van der Waals surface area contributed by atoms with Crippen LogP contribution >= 0.6 is 0 Å². The van der Waals surface area contributed by atoms with E-state index in [-0.39, 0.29) is 17.8 Å². The second-order valence-electron chi connectivity index (χ2n) is 6.42. The zero-order chi connectivity index (χ0) is 13.3. The quantitative estimate of drug-likeness (QED) is 0.830. The Morgan fingerprint density at radius 3 is 2.58 bits per heavy atom. The molecule has 19 heavy (non-hydrogen) atoms. The lowest BCUT2D eigenvalue weighted by Crippen LogP contribution is -2.48. The summed E-state index contributed by atoms with van der Waals surface area (Å²) in [5, 5.41) is 10.7. The first-order chi connectivity index (χ1) is 9.20. The van der Waals surface area contributed by atoms with Gasteiger partial charge in [0, 0.05) is 32.3 Å². The van der Waals surface area contributed by atoms with Gasteiger partial charge in [0.2, 0.25) is 0 Å². The maximum absolute atomic E-state index is 10.7. The second-order valence-corrected chi connectivity index (χ2v) is 6.42. The molecular weight excluding hydrogens is 244 g/mol. The smallest absolute Gasteiger partial charge is 0.0730 e. The number of hydrogen-bond acceptors (Lipinski definition) is 4. The number of ether oxygens (including phenoxy) is 3. The Hall–Kier alpha value is -0.160. The maximum atomic E-state index is 10.7. The highest BCUT2D eigenvalue weighted by molar-refractivity contribution is 4.93. The van der Waals surface area contributed by atoms with Crippen LogP contribution in [0.25, 0.3) is 0 Å². The number of rotatable bonds is 2. The van der Waals surface area contributed by atoms with E-state index in [4.69, 9.17) is 14.2 Å². The van der Waals surface area contributed by atoms with Crippen molar-refractivity contribution < 1.29 is 19.3 Å². The van der Waals surface area contributed by atoms with Gasteiger partial charge in [0.25, 0.3) is 0 Å². The molecule has 110 valence electrons. The summed E-state index contributed by atoms with van der Waals surface area (Å²) in [7, 11) is 0. The van der Waals surface area contributed by atoms with Gasteiger partial charge in [-0.25, -0.2) is 0 Å². The first-order valence-corrected chi connectivity index (χ1v) is 7.72. The van der Waals surface area contributed by atoms with Gasteiger partial charge in [0.05, 0.1) is 17.8 Å². The minimum atomic E-state index is -0.235. The minimum absolute atomic E-state index is 0.0230. The lowest BCUT2D eigenvalue weighted by atomic mass is 9.75. The lowest BCUT2D eigenvalue weighted by molar-refractivity contribution is -0.163. The van der Waals surface area contributed by atoms with Gasteiger partial charge in [0.15, 0.2) is 0 Å². The molecule has 1 spiro atoms. The third kappa shape index (κ3) is 2.82. The summed E-state index contributed by atoms with van der Waals surface area (Å²) >= 11 is 0. The van der Waals surface area contributed by atoms with E-state index in [9.17, 15) is 5.11 Å². The highest BCUT2D eigenvalue weighted by Gasteiger charge is 2.44. The average Bonchev–Trinajstić information content (AvgIpc) is 2.85. The minimum Gasteiger partial charge on any atom is -0.392 e. The van der Waals surface area contributed by atoms with Crippen molar-refractivity contribution in [3.05, 3.63) is 0 Å². The third-order valence-electron chi connectivity index (χ3n) is 5.29. The van der Waals surface area contributed by atoms with Gasteiger partial charge in [-0.1, -0.05) is 0 Å². The molecule has 0 aliphatic carbocycles. The standard InChI is InChI=1S/C15H26O4/c1-11-13(3-6-18-11)14(16)12-2-7-19-15(10-12)4-8-17-9-5-15/h11-14,16H,2-10H2,1H3. The Bertz CT molecular complexity index is 295. The van der Waals surface area contributed by atoms with Crippen LogP contribution in [0.2, 0.25) is 0 Å². The fourth-order valence-electron chi connectivity index (χ4n) is 4.00. The molecule has 4 unspecified atom stereocenters. The van der Waals surface area contributed by atoms with Crippen LogP contribution in [0, 0.1) is 11.8 Å². The van der Waals surface area contributed by atoms with E-state index in [1.807, 2.05) is 0 Å². The molecule has 3 heterocycles. The van der Waals surface area contributed by atoms with Crippen LogP contribution in [0.15, 0.2) is 0 Å². The SMILES string of the molecule is CC1OCCC1C(O)C1CCOC2(CCOCC2)C1. The predicted molar refractivity (Wildman–Crippen MR) is 71.0 cm³/mol. The molecule has 4 heteroatoms. The van der Waals surface area contributed by atoms with Crippen molar-refractivity contribution in [1.82, 2.24) is 0 Å². The molecule has 4 atom stereocenters. The molecule has 0 aromatic heterocycles. The predicted octanol–water partition coefficient (Wildman–Crippen LogP) is 1.75. The fraction of sp³-hybridized carbons (Fsp3) is 1.00. The highest BCUT2D eigenvalue weighted by Crippen LogP contribution is 2.41. The Morgan fingerprint density at radius 1 is 1.11 bits per heavy atom. The molecule has 4 nitrogen and oxygen atoms in total. The Kier molecular flexibility index (Phi) is 4.13. The van der Waals surface area contributed by atoms with E-state index >= 15 is 0 Å². The maximum Gasteiger partial charge on any atom is 0.0730 e. The average molecular weight is 270 g/mol. The van der Waals surface area contributed by atoms with Gasteiger partial charge in [-0.15, -0.1) is 0 Å². The largest absolute Gasteiger partial charge is 0.392 e. The highest BCUT2D eigenvalue weighted by atomic mass is 16.5. The normalized spacial score (nSPS) is 40.4. The monoisotopic (exact) mass is 270 g/mol. The van der Waals surface area contributed by atoms with Crippen LogP contribution in [0.1, 0.15) is 39.0 Å². The molecule has 0 amide bonds. The van der Waals surface area contributed by atoms with Crippen LogP contribution < -0.4 is 0 Å². The van der Waals surface area contributed by atoms with Gasteiger partial charge in [-0.2, -0.15) is 0 Å². The molecule has 0 aromatic carbocycles. The summed E-state index contributed by atoms with van der Waals surface area (Å²) in [5.41, 5.74) is -0.0230. The Balaban J connectivity index is 1.64. The van der Waals surface area contributed by atoms with Crippen molar-refractivity contribution in [2.75, 3.05) is 26.4 Å². The molecule has 3 aliphatic rings. The zero-order valence-corrected chi connectivity index (χ0v) is 11.8. The molecule has 3 rings (SSSR count). The molecule has 1 N–H and O–H groups in total. The molecule has 0 bridgehead atoms. The van der Waals surface area contributed by atoms with Gasteiger partial charge in [-0.05, 0) is 44.9 Å². The van der Waals surface area contributed by atoms with Crippen LogP contribution in [0.5, 0.6) is 0 Å². The molecule has 0 aromatic rings. The summed E-state index contributed by atoms with van der Waals surface area (Å²) in [4.78, 5) is 0. The van der Waals surface area contributed by atoms with E-state index in [0.29, 0.717) is 11.8 Å². The summed E-state index contributed by atoms with van der Waals surface area (Å²) in [6, 6.07) is 0. The molecule has 3 saturated heterocycles. The van der Waals surface area contributed by atoms with Crippen LogP contribution in [-0.2, 0) is 14.2 Å². The van der Waals surface area contributed by atoms with Crippen LogP contribution in [0.4, 0.5) is 0 Å². The van der Waals surface area contributed by atoms with Gasteiger partial charge in [-0.3, -0.25) is 0 Å².